The van der Waals surface area contributed by atoms with E-state index >= 15 is 0 Å². The number of carbonyl (C=O) groups excluding carboxylic acids is 1. The number of hydrogen-bond acceptors (Lipinski definition) is 4. The van der Waals surface area contributed by atoms with Crippen molar-refractivity contribution in [2.24, 2.45) is 0 Å². The van der Waals surface area contributed by atoms with Crippen molar-refractivity contribution in [1.29, 1.82) is 0 Å². The molecule has 1 N–H and O–H groups in total. The first-order valence-corrected chi connectivity index (χ1v) is 8.92. The maximum absolute atomic E-state index is 12.6. The maximum atomic E-state index is 12.6. The third-order valence-corrected chi connectivity index (χ3v) is 4.16. The van der Waals surface area contributed by atoms with Gasteiger partial charge in [-0.1, -0.05) is 23.8 Å². The summed E-state index contributed by atoms with van der Waals surface area (Å²) in [5, 5.41) is 6.73. The summed E-state index contributed by atoms with van der Waals surface area (Å²) in [6.07, 6.45) is 1.60. The molecule has 0 spiro atoms. The van der Waals surface area contributed by atoms with E-state index < -0.39 is 12.5 Å². The Hall–Kier alpha value is -3.42. The van der Waals surface area contributed by atoms with Gasteiger partial charge in [0.25, 0.3) is 5.91 Å². The van der Waals surface area contributed by atoms with E-state index in [-0.39, 0.29) is 23.9 Å². The molecule has 1 aromatic heterocycles. The van der Waals surface area contributed by atoms with Crippen LogP contribution in [0.4, 0.5) is 14.5 Å². The number of halogens is 2. The zero-order valence-corrected chi connectivity index (χ0v) is 16.3. The Morgan fingerprint density at radius 3 is 2.45 bits per heavy atom. The van der Waals surface area contributed by atoms with Crippen LogP contribution in [0, 0.1) is 20.8 Å². The second kappa shape index (κ2) is 8.72. The second-order valence-electron chi connectivity index (χ2n) is 6.62. The van der Waals surface area contributed by atoms with E-state index in [2.05, 4.69) is 15.2 Å². The Labute approximate surface area is 167 Å². The molecule has 6 nitrogen and oxygen atoms in total. The molecule has 3 aromatic rings. The minimum absolute atomic E-state index is 0.114. The molecule has 8 heteroatoms. The quantitative estimate of drug-likeness (QED) is 0.623. The van der Waals surface area contributed by atoms with Crippen molar-refractivity contribution >= 4 is 11.6 Å². The Morgan fingerprint density at radius 1 is 1.07 bits per heavy atom. The predicted octanol–water partition coefficient (Wildman–Crippen LogP) is 4.70. The van der Waals surface area contributed by atoms with Gasteiger partial charge in [-0.05, 0) is 56.2 Å². The van der Waals surface area contributed by atoms with Gasteiger partial charge in [-0.25, -0.2) is 4.68 Å². The number of hydrogen-bond donors (Lipinski definition) is 1. The number of amides is 1. The van der Waals surface area contributed by atoms with E-state index in [0.29, 0.717) is 0 Å². The van der Waals surface area contributed by atoms with Crippen molar-refractivity contribution in [3.63, 3.8) is 0 Å². The molecule has 0 aliphatic rings. The van der Waals surface area contributed by atoms with Crippen LogP contribution in [-0.2, 0) is 6.73 Å². The van der Waals surface area contributed by atoms with E-state index in [4.69, 9.17) is 4.74 Å². The summed E-state index contributed by atoms with van der Waals surface area (Å²) in [6, 6.07) is 11.9. The van der Waals surface area contributed by atoms with Crippen LogP contribution in [0.15, 0.2) is 48.7 Å². The molecule has 1 heterocycles. The molecule has 0 saturated heterocycles. The summed E-state index contributed by atoms with van der Waals surface area (Å²) in [4.78, 5) is 12.5. The number of nitrogens with zero attached hydrogens (tertiary/aromatic N) is 2. The topological polar surface area (TPSA) is 65.4 Å². The van der Waals surface area contributed by atoms with Crippen LogP contribution in [0.5, 0.6) is 11.5 Å². The highest BCUT2D eigenvalue weighted by atomic mass is 19.3. The number of carbonyl (C=O) groups is 1. The molecule has 152 valence electrons. The summed E-state index contributed by atoms with van der Waals surface area (Å²) in [5.41, 5.74) is 3.20. The van der Waals surface area contributed by atoms with E-state index in [1.165, 1.54) is 16.8 Å². The van der Waals surface area contributed by atoms with Crippen molar-refractivity contribution in [2.75, 3.05) is 5.32 Å². The molecule has 0 fully saturated rings. The van der Waals surface area contributed by atoms with E-state index in [1.54, 1.807) is 25.3 Å². The fraction of sp³-hybridized carbons (Fsp3) is 0.238. The normalized spacial score (nSPS) is 10.8. The van der Waals surface area contributed by atoms with E-state index in [1.807, 2.05) is 32.0 Å². The first kappa shape index (κ1) is 20.3. The number of aromatic nitrogens is 2. The zero-order valence-electron chi connectivity index (χ0n) is 16.3. The van der Waals surface area contributed by atoms with Crippen LogP contribution in [0.1, 0.15) is 27.2 Å². The van der Waals surface area contributed by atoms with Crippen LogP contribution in [0.25, 0.3) is 0 Å². The van der Waals surface area contributed by atoms with Gasteiger partial charge in [0, 0.05) is 6.20 Å². The van der Waals surface area contributed by atoms with Gasteiger partial charge in [0.1, 0.15) is 11.5 Å². The molecule has 0 aliphatic heterocycles. The SMILES string of the molecule is Cc1ccc(OCn2ccc(C(=O)Nc3cc(C)ccc3OC(F)F)n2)c(C)c1. The van der Waals surface area contributed by atoms with Gasteiger partial charge in [0.05, 0.1) is 5.69 Å². The van der Waals surface area contributed by atoms with Gasteiger partial charge < -0.3 is 14.8 Å². The number of aryl methyl sites for hydroxylation is 3. The smallest absolute Gasteiger partial charge is 0.387 e. The minimum atomic E-state index is -2.99. The summed E-state index contributed by atoms with van der Waals surface area (Å²) in [5.74, 6) is 0.0715. The molecule has 0 saturated carbocycles. The molecule has 1 amide bonds. The molecule has 0 radical (unpaired) electrons. The van der Waals surface area contributed by atoms with E-state index in [9.17, 15) is 13.6 Å². The number of ether oxygens (including phenoxy) is 2. The number of rotatable bonds is 7. The van der Waals surface area contributed by atoms with Crippen molar-refractivity contribution < 1.29 is 23.0 Å². The molecule has 2 aromatic carbocycles. The number of nitrogens with one attached hydrogen (secondary N) is 1. The van der Waals surface area contributed by atoms with Gasteiger partial charge in [0.15, 0.2) is 12.4 Å². The van der Waals surface area contributed by atoms with Gasteiger partial charge in [0.2, 0.25) is 0 Å². The van der Waals surface area contributed by atoms with E-state index in [0.717, 1.165) is 22.4 Å². The van der Waals surface area contributed by atoms with Crippen LogP contribution >= 0.6 is 0 Å². The lowest BCUT2D eigenvalue weighted by molar-refractivity contribution is -0.0493. The molecular formula is C21H21F2N3O3. The number of benzene rings is 2. The van der Waals surface area contributed by atoms with Crippen molar-refractivity contribution in [3.8, 4) is 11.5 Å². The number of anilines is 1. The lowest BCUT2D eigenvalue weighted by Gasteiger charge is -2.12. The van der Waals surface area contributed by atoms with Crippen LogP contribution in [0.2, 0.25) is 0 Å². The predicted molar refractivity (Wildman–Crippen MR) is 105 cm³/mol. The lowest BCUT2D eigenvalue weighted by Crippen LogP contribution is -2.16. The van der Waals surface area contributed by atoms with Gasteiger partial charge in [-0.2, -0.15) is 13.9 Å². The third-order valence-electron chi connectivity index (χ3n) is 4.16. The maximum Gasteiger partial charge on any atom is 0.387 e. The monoisotopic (exact) mass is 401 g/mol. The highest BCUT2D eigenvalue weighted by Gasteiger charge is 2.15. The van der Waals surface area contributed by atoms with Gasteiger partial charge in [-0.15, -0.1) is 0 Å². The first-order valence-electron chi connectivity index (χ1n) is 8.92. The van der Waals surface area contributed by atoms with Crippen LogP contribution < -0.4 is 14.8 Å². The summed E-state index contributed by atoms with van der Waals surface area (Å²) >= 11 is 0. The van der Waals surface area contributed by atoms with Gasteiger partial charge in [-0.3, -0.25) is 4.79 Å². The molecule has 0 bridgehead atoms. The third kappa shape index (κ3) is 5.31. The molecule has 29 heavy (non-hydrogen) atoms. The first-order chi connectivity index (χ1) is 13.8. The molecule has 0 unspecified atom stereocenters. The van der Waals surface area contributed by atoms with Crippen molar-refractivity contribution in [2.45, 2.75) is 34.1 Å². The van der Waals surface area contributed by atoms with Crippen LogP contribution in [-0.4, -0.2) is 22.3 Å². The Morgan fingerprint density at radius 2 is 1.76 bits per heavy atom. The minimum Gasteiger partial charge on any atom is -0.471 e. The largest absolute Gasteiger partial charge is 0.471 e. The molecular weight excluding hydrogens is 380 g/mol. The highest BCUT2D eigenvalue weighted by Crippen LogP contribution is 2.27. The molecule has 3 rings (SSSR count). The summed E-state index contributed by atoms with van der Waals surface area (Å²) < 4.78 is 36.8. The highest BCUT2D eigenvalue weighted by molar-refractivity contribution is 6.03. The summed E-state index contributed by atoms with van der Waals surface area (Å²) in [6.45, 7) is 2.87. The zero-order chi connectivity index (χ0) is 21.0. The fourth-order valence-electron chi connectivity index (χ4n) is 2.78. The van der Waals surface area contributed by atoms with Gasteiger partial charge >= 0.3 is 6.61 Å². The van der Waals surface area contributed by atoms with Crippen molar-refractivity contribution in [1.82, 2.24) is 9.78 Å². The standard InChI is InChI=1S/C21H21F2N3O3/c1-13-4-6-18(15(3)10-13)28-12-26-9-8-16(25-26)20(27)24-17-11-14(2)5-7-19(17)29-21(22)23/h4-11,21H,12H2,1-3H3,(H,24,27). The fourth-order valence-corrected chi connectivity index (χ4v) is 2.78. The second-order valence-corrected chi connectivity index (χ2v) is 6.62. The van der Waals surface area contributed by atoms with Crippen molar-refractivity contribution in [3.05, 3.63) is 71.0 Å². The summed E-state index contributed by atoms with van der Waals surface area (Å²) in [7, 11) is 0. The Balaban J connectivity index is 1.67. The lowest BCUT2D eigenvalue weighted by atomic mass is 10.1. The molecule has 0 aliphatic carbocycles. The Bertz CT molecular complexity index is 1020. The Kier molecular flexibility index (Phi) is 6.11. The molecule has 0 atom stereocenters. The number of alkyl halides is 2. The average Bonchev–Trinajstić information content (AvgIpc) is 3.12. The van der Waals surface area contributed by atoms with Crippen LogP contribution in [0.3, 0.4) is 0 Å². The average molecular weight is 401 g/mol.